The maximum absolute atomic E-state index is 4.20. The molecule has 0 bridgehead atoms. The lowest BCUT2D eigenvalue weighted by Crippen LogP contribution is -2.33. The first-order valence-corrected chi connectivity index (χ1v) is 7.94. The summed E-state index contributed by atoms with van der Waals surface area (Å²) in [6.07, 6.45) is 6.99. The summed E-state index contributed by atoms with van der Waals surface area (Å²) in [5, 5.41) is 3.64. The number of nitrogens with zero attached hydrogens (tertiary/aromatic N) is 1. The van der Waals surface area contributed by atoms with Crippen LogP contribution < -0.4 is 5.32 Å². The molecule has 2 nitrogen and oxygen atoms in total. The Labute approximate surface area is 129 Å². The van der Waals surface area contributed by atoms with Crippen molar-refractivity contribution in [2.75, 3.05) is 6.54 Å². The van der Waals surface area contributed by atoms with Crippen LogP contribution in [0.25, 0.3) is 0 Å². The van der Waals surface area contributed by atoms with Gasteiger partial charge in [0, 0.05) is 22.9 Å². The van der Waals surface area contributed by atoms with E-state index in [2.05, 4.69) is 63.5 Å². The van der Waals surface area contributed by atoms with Crippen LogP contribution in [0, 0.1) is 0 Å². The van der Waals surface area contributed by atoms with Crippen molar-refractivity contribution < 1.29 is 0 Å². The molecule has 0 fully saturated rings. The third kappa shape index (κ3) is 5.06. The highest BCUT2D eigenvalue weighted by molar-refractivity contribution is 9.10. The van der Waals surface area contributed by atoms with Crippen molar-refractivity contribution in [1.29, 1.82) is 0 Å². The molecule has 1 unspecified atom stereocenters. The average molecular weight is 333 g/mol. The Kier molecular flexibility index (Phi) is 6.22. The lowest BCUT2D eigenvalue weighted by Gasteiger charge is -2.19. The number of aromatic nitrogens is 1. The molecule has 3 heteroatoms. The van der Waals surface area contributed by atoms with Gasteiger partial charge in [-0.3, -0.25) is 4.98 Å². The maximum atomic E-state index is 4.20. The van der Waals surface area contributed by atoms with Crippen molar-refractivity contribution in [3.8, 4) is 0 Å². The summed E-state index contributed by atoms with van der Waals surface area (Å²) in [6, 6.07) is 13.2. The van der Waals surface area contributed by atoms with Crippen LogP contribution >= 0.6 is 15.9 Å². The van der Waals surface area contributed by atoms with E-state index in [1.807, 2.05) is 18.5 Å². The van der Waals surface area contributed by atoms with Gasteiger partial charge in [-0.05, 0) is 55.1 Å². The van der Waals surface area contributed by atoms with Gasteiger partial charge in [-0.2, -0.15) is 0 Å². The monoisotopic (exact) mass is 332 g/mol. The Hall–Kier alpha value is -1.19. The Balaban J connectivity index is 2.03. The third-order valence-electron chi connectivity index (χ3n) is 3.26. The van der Waals surface area contributed by atoms with E-state index in [-0.39, 0.29) is 0 Å². The molecule has 20 heavy (non-hydrogen) atoms. The van der Waals surface area contributed by atoms with E-state index in [9.17, 15) is 0 Å². The number of pyridine rings is 1. The van der Waals surface area contributed by atoms with Gasteiger partial charge >= 0.3 is 0 Å². The number of nitrogens with one attached hydrogen (secondary N) is 1. The molecule has 0 radical (unpaired) electrons. The van der Waals surface area contributed by atoms with E-state index < -0.39 is 0 Å². The van der Waals surface area contributed by atoms with Crippen LogP contribution in [0.15, 0.2) is 53.3 Å². The molecule has 1 aromatic heterocycles. The molecule has 0 amide bonds. The summed E-state index contributed by atoms with van der Waals surface area (Å²) in [4.78, 5) is 4.20. The highest BCUT2D eigenvalue weighted by atomic mass is 79.9. The molecule has 0 saturated carbocycles. The van der Waals surface area contributed by atoms with Gasteiger partial charge in [-0.1, -0.05) is 41.1 Å². The smallest absolute Gasteiger partial charge is 0.0300 e. The standard InChI is InChI=1S/C17H21BrN2/c1-2-8-20-17(12-15-6-4-9-19-13-15)11-14-5-3-7-16(18)10-14/h3-7,9-10,13,17,20H,2,8,11-12H2,1H3. The fourth-order valence-corrected chi connectivity index (χ4v) is 2.76. The maximum Gasteiger partial charge on any atom is 0.0300 e. The van der Waals surface area contributed by atoms with Crippen LogP contribution in [0.1, 0.15) is 24.5 Å². The Bertz CT molecular complexity index is 513. The van der Waals surface area contributed by atoms with E-state index >= 15 is 0 Å². The highest BCUT2D eigenvalue weighted by Crippen LogP contribution is 2.14. The quantitative estimate of drug-likeness (QED) is 0.828. The zero-order chi connectivity index (χ0) is 14.2. The van der Waals surface area contributed by atoms with Crippen LogP contribution in [-0.4, -0.2) is 17.6 Å². The van der Waals surface area contributed by atoms with Crippen LogP contribution in [-0.2, 0) is 12.8 Å². The number of hydrogen-bond acceptors (Lipinski definition) is 2. The van der Waals surface area contributed by atoms with E-state index in [1.54, 1.807) is 0 Å². The second-order valence-corrected chi connectivity index (χ2v) is 5.97. The molecule has 0 aliphatic rings. The molecule has 0 aliphatic heterocycles. The fourth-order valence-electron chi connectivity index (χ4n) is 2.32. The molecule has 1 heterocycles. The first-order chi connectivity index (χ1) is 9.78. The Morgan fingerprint density at radius 2 is 1.95 bits per heavy atom. The molecule has 0 saturated heterocycles. The summed E-state index contributed by atoms with van der Waals surface area (Å²) in [5.74, 6) is 0. The van der Waals surface area contributed by atoms with Gasteiger partial charge in [0.1, 0.15) is 0 Å². The largest absolute Gasteiger partial charge is 0.313 e. The first kappa shape index (κ1) is 15.2. The number of rotatable bonds is 7. The lowest BCUT2D eigenvalue weighted by atomic mass is 10.00. The molecule has 1 aromatic carbocycles. The fraction of sp³-hybridized carbons (Fsp3) is 0.353. The van der Waals surface area contributed by atoms with E-state index in [1.165, 1.54) is 11.1 Å². The second-order valence-electron chi connectivity index (χ2n) is 5.05. The molecule has 2 rings (SSSR count). The van der Waals surface area contributed by atoms with Gasteiger partial charge in [0.15, 0.2) is 0 Å². The van der Waals surface area contributed by atoms with Gasteiger partial charge in [-0.25, -0.2) is 0 Å². The molecule has 1 atom stereocenters. The molecule has 1 N–H and O–H groups in total. The number of halogens is 1. The second kappa shape index (κ2) is 8.18. The zero-order valence-electron chi connectivity index (χ0n) is 11.8. The van der Waals surface area contributed by atoms with Crippen molar-refractivity contribution in [1.82, 2.24) is 10.3 Å². The van der Waals surface area contributed by atoms with Crippen LogP contribution in [0.3, 0.4) is 0 Å². The number of benzene rings is 1. The lowest BCUT2D eigenvalue weighted by molar-refractivity contribution is 0.504. The minimum Gasteiger partial charge on any atom is -0.313 e. The minimum absolute atomic E-state index is 0.452. The predicted octanol–water partition coefficient (Wildman–Crippen LogP) is 4.00. The van der Waals surface area contributed by atoms with Crippen molar-refractivity contribution in [3.05, 3.63) is 64.4 Å². The SMILES string of the molecule is CCCNC(Cc1cccnc1)Cc1cccc(Br)c1. The molecule has 0 aliphatic carbocycles. The topological polar surface area (TPSA) is 24.9 Å². The summed E-state index contributed by atoms with van der Waals surface area (Å²) in [6.45, 7) is 3.26. The molecular formula is C17H21BrN2. The van der Waals surface area contributed by atoms with Gasteiger partial charge in [0.2, 0.25) is 0 Å². The summed E-state index contributed by atoms with van der Waals surface area (Å²) < 4.78 is 1.14. The normalized spacial score (nSPS) is 12.3. The number of hydrogen-bond donors (Lipinski definition) is 1. The van der Waals surface area contributed by atoms with Crippen molar-refractivity contribution >= 4 is 15.9 Å². The van der Waals surface area contributed by atoms with Gasteiger partial charge in [-0.15, -0.1) is 0 Å². The summed E-state index contributed by atoms with van der Waals surface area (Å²) in [7, 11) is 0. The van der Waals surface area contributed by atoms with Crippen molar-refractivity contribution in [2.45, 2.75) is 32.2 Å². The van der Waals surface area contributed by atoms with Gasteiger partial charge < -0.3 is 5.32 Å². The van der Waals surface area contributed by atoms with Crippen molar-refractivity contribution in [3.63, 3.8) is 0 Å². The molecular weight excluding hydrogens is 312 g/mol. The van der Waals surface area contributed by atoms with Gasteiger partial charge in [0.05, 0.1) is 0 Å². The van der Waals surface area contributed by atoms with E-state index in [0.717, 1.165) is 30.3 Å². The zero-order valence-corrected chi connectivity index (χ0v) is 13.4. The van der Waals surface area contributed by atoms with Crippen LogP contribution in [0.5, 0.6) is 0 Å². The summed E-state index contributed by atoms with van der Waals surface area (Å²) >= 11 is 3.54. The molecule has 2 aromatic rings. The van der Waals surface area contributed by atoms with Crippen molar-refractivity contribution in [2.24, 2.45) is 0 Å². The first-order valence-electron chi connectivity index (χ1n) is 7.14. The molecule has 0 spiro atoms. The minimum atomic E-state index is 0.452. The average Bonchev–Trinajstić information content (AvgIpc) is 2.46. The van der Waals surface area contributed by atoms with Crippen LogP contribution in [0.2, 0.25) is 0 Å². The Morgan fingerprint density at radius 1 is 1.15 bits per heavy atom. The predicted molar refractivity (Wildman–Crippen MR) is 87.9 cm³/mol. The van der Waals surface area contributed by atoms with Gasteiger partial charge in [0.25, 0.3) is 0 Å². The summed E-state index contributed by atoms with van der Waals surface area (Å²) in [5.41, 5.74) is 2.65. The highest BCUT2D eigenvalue weighted by Gasteiger charge is 2.10. The Morgan fingerprint density at radius 3 is 2.65 bits per heavy atom. The van der Waals surface area contributed by atoms with E-state index in [0.29, 0.717) is 6.04 Å². The van der Waals surface area contributed by atoms with E-state index in [4.69, 9.17) is 0 Å². The molecule has 106 valence electrons. The van der Waals surface area contributed by atoms with Crippen LogP contribution in [0.4, 0.5) is 0 Å². The third-order valence-corrected chi connectivity index (χ3v) is 3.75.